The molecule has 3 heteroatoms. The van der Waals surface area contributed by atoms with Gasteiger partial charge in [-0.2, -0.15) is 0 Å². The number of hydrogen-bond donors (Lipinski definition) is 0. The quantitative estimate of drug-likeness (QED) is 0.478. The molecule has 10 heavy (non-hydrogen) atoms. The van der Waals surface area contributed by atoms with Gasteiger partial charge in [-0.3, -0.25) is 0 Å². The molecule has 1 rings (SSSR count). The SMILES string of the molecule is Bc1cc(B)c(C)c(Br)c1. The van der Waals surface area contributed by atoms with E-state index < -0.39 is 0 Å². The Labute approximate surface area is 72.0 Å². The molecule has 50 valence electrons. The third-order valence-corrected chi connectivity index (χ3v) is 2.57. The number of rotatable bonds is 0. The highest BCUT2D eigenvalue weighted by Crippen LogP contribution is 2.10. The van der Waals surface area contributed by atoms with Crippen LogP contribution in [0.25, 0.3) is 0 Å². The highest BCUT2D eigenvalue weighted by Gasteiger charge is 1.97. The van der Waals surface area contributed by atoms with Crippen molar-refractivity contribution in [2.24, 2.45) is 0 Å². The molecule has 0 atom stereocenters. The molecule has 0 fully saturated rings. The smallest absolute Gasteiger partial charge is 0.0884 e. The van der Waals surface area contributed by atoms with Gasteiger partial charge in [-0.1, -0.05) is 39.0 Å². The van der Waals surface area contributed by atoms with Crippen molar-refractivity contribution < 1.29 is 0 Å². The Bertz CT molecular complexity index is 235. The number of halogens is 1. The van der Waals surface area contributed by atoms with Crippen molar-refractivity contribution in [2.75, 3.05) is 0 Å². The summed E-state index contributed by atoms with van der Waals surface area (Å²) in [6.07, 6.45) is 0. The van der Waals surface area contributed by atoms with Gasteiger partial charge in [-0.15, -0.1) is 0 Å². The van der Waals surface area contributed by atoms with Crippen molar-refractivity contribution in [3.8, 4) is 0 Å². The second-order valence-electron chi connectivity index (χ2n) is 2.69. The van der Waals surface area contributed by atoms with Crippen LogP contribution in [0.4, 0.5) is 0 Å². The lowest BCUT2D eigenvalue weighted by atomic mass is 9.84. The Kier molecular flexibility index (Phi) is 2.24. The molecular weight excluding hydrogens is 186 g/mol. The van der Waals surface area contributed by atoms with E-state index in [0.29, 0.717) is 0 Å². The monoisotopic (exact) mass is 194 g/mol. The molecule has 0 spiro atoms. The molecular formula is C7H9B2Br. The van der Waals surface area contributed by atoms with E-state index in [9.17, 15) is 0 Å². The van der Waals surface area contributed by atoms with Crippen LogP contribution in [0.3, 0.4) is 0 Å². The minimum atomic E-state index is 1.21. The fraction of sp³-hybridized carbons (Fsp3) is 0.143. The van der Waals surface area contributed by atoms with E-state index >= 15 is 0 Å². The van der Waals surface area contributed by atoms with Crippen molar-refractivity contribution in [1.29, 1.82) is 0 Å². The van der Waals surface area contributed by atoms with Gasteiger partial charge in [-0.05, 0) is 12.5 Å². The summed E-state index contributed by atoms with van der Waals surface area (Å²) in [7, 11) is 4.24. The zero-order valence-corrected chi connectivity index (χ0v) is 8.12. The summed E-state index contributed by atoms with van der Waals surface area (Å²) < 4.78 is 1.21. The van der Waals surface area contributed by atoms with Crippen LogP contribution in [0.5, 0.6) is 0 Å². The lowest BCUT2D eigenvalue weighted by Crippen LogP contribution is -2.16. The first-order chi connectivity index (χ1) is 4.61. The molecule has 0 aliphatic rings. The second-order valence-corrected chi connectivity index (χ2v) is 3.54. The molecule has 0 aliphatic carbocycles. The maximum Gasteiger partial charge on any atom is 0.139 e. The standard InChI is InChI=1S/C7H9B2Br/c1-4-6(9)2-5(8)3-7(4)10/h2-3H,8-9H2,1H3. The third kappa shape index (κ3) is 1.46. The van der Waals surface area contributed by atoms with Crippen LogP contribution in [0.15, 0.2) is 16.6 Å². The van der Waals surface area contributed by atoms with Gasteiger partial charge >= 0.3 is 0 Å². The molecule has 0 heterocycles. The zero-order valence-electron chi connectivity index (χ0n) is 6.53. The minimum absolute atomic E-state index is 1.21. The maximum atomic E-state index is 3.50. The summed E-state index contributed by atoms with van der Waals surface area (Å²) >= 11 is 3.50. The fourth-order valence-electron chi connectivity index (χ4n) is 0.988. The van der Waals surface area contributed by atoms with Gasteiger partial charge in [0.25, 0.3) is 0 Å². The van der Waals surface area contributed by atoms with E-state index in [2.05, 4.69) is 50.7 Å². The van der Waals surface area contributed by atoms with Crippen molar-refractivity contribution in [1.82, 2.24) is 0 Å². The van der Waals surface area contributed by atoms with Crippen LogP contribution in [-0.4, -0.2) is 15.7 Å². The van der Waals surface area contributed by atoms with Crippen LogP contribution in [0, 0.1) is 6.92 Å². The topological polar surface area (TPSA) is 0 Å². The summed E-state index contributed by atoms with van der Waals surface area (Å²) in [5.41, 5.74) is 4.01. The summed E-state index contributed by atoms with van der Waals surface area (Å²) in [5.74, 6) is 0. The van der Waals surface area contributed by atoms with Gasteiger partial charge < -0.3 is 0 Å². The van der Waals surface area contributed by atoms with E-state index in [-0.39, 0.29) is 0 Å². The first kappa shape index (κ1) is 7.93. The molecule has 0 nitrogen and oxygen atoms in total. The lowest BCUT2D eigenvalue weighted by Gasteiger charge is -2.03. The Balaban J connectivity index is 3.31. The predicted molar refractivity (Wildman–Crippen MR) is 55.2 cm³/mol. The van der Waals surface area contributed by atoms with Gasteiger partial charge in [0, 0.05) is 4.47 Å². The van der Waals surface area contributed by atoms with Gasteiger partial charge in [-0.25, -0.2) is 0 Å². The summed E-state index contributed by atoms with van der Waals surface area (Å²) in [6.45, 7) is 2.12. The fourth-order valence-corrected chi connectivity index (χ4v) is 1.66. The minimum Gasteiger partial charge on any atom is -0.0884 e. The molecule has 0 N–H and O–H groups in total. The summed E-state index contributed by atoms with van der Waals surface area (Å²) in [5, 5.41) is 0. The molecule has 1 aromatic carbocycles. The van der Waals surface area contributed by atoms with Crippen LogP contribution in [0.2, 0.25) is 0 Å². The van der Waals surface area contributed by atoms with E-state index in [4.69, 9.17) is 0 Å². The molecule has 0 bridgehead atoms. The second kappa shape index (κ2) is 2.83. The van der Waals surface area contributed by atoms with E-state index in [1.165, 1.54) is 21.0 Å². The van der Waals surface area contributed by atoms with Crippen LogP contribution in [0.1, 0.15) is 5.56 Å². The predicted octanol–water partition coefficient (Wildman–Crippen LogP) is -0.726. The lowest BCUT2D eigenvalue weighted by molar-refractivity contribution is 1.49. The molecule has 1 aromatic rings. The largest absolute Gasteiger partial charge is 0.139 e. The van der Waals surface area contributed by atoms with E-state index in [1.807, 2.05) is 0 Å². The van der Waals surface area contributed by atoms with Gasteiger partial charge in [0.15, 0.2) is 0 Å². The van der Waals surface area contributed by atoms with Crippen LogP contribution < -0.4 is 10.9 Å². The van der Waals surface area contributed by atoms with Crippen LogP contribution >= 0.6 is 15.9 Å². The first-order valence-corrected chi connectivity index (χ1v) is 4.14. The molecule has 0 radical (unpaired) electrons. The Morgan fingerprint density at radius 1 is 1.30 bits per heavy atom. The van der Waals surface area contributed by atoms with E-state index in [1.54, 1.807) is 0 Å². The molecule has 0 saturated heterocycles. The number of benzene rings is 1. The zero-order chi connectivity index (χ0) is 7.72. The normalized spacial score (nSPS) is 9.80. The van der Waals surface area contributed by atoms with Gasteiger partial charge in [0.1, 0.15) is 15.7 Å². The first-order valence-electron chi connectivity index (χ1n) is 3.34. The number of hydrogen-bond acceptors (Lipinski definition) is 0. The molecule has 0 unspecified atom stereocenters. The highest BCUT2D eigenvalue weighted by molar-refractivity contribution is 9.10. The third-order valence-electron chi connectivity index (χ3n) is 1.75. The Morgan fingerprint density at radius 3 is 2.40 bits per heavy atom. The van der Waals surface area contributed by atoms with Gasteiger partial charge in [0.2, 0.25) is 0 Å². The van der Waals surface area contributed by atoms with Crippen molar-refractivity contribution >= 4 is 42.5 Å². The van der Waals surface area contributed by atoms with Crippen molar-refractivity contribution in [3.05, 3.63) is 22.2 Å². The van der Waals surface area contributed by atoms with Crippen molar-refractivity contribution in [3.63, 3.8) is 0 Å². The molecule has 0 aromatic heterocycles. The molecule has 0 saturated carbocycles. The molecule has 0 aliphatic heterocycles. The average Bonchev–Trinajstić information content (AvgIpc) is 1.82. The summed E-state index contributed by atoms with van der Waals surface area (Å²) in [4.78, 5) is 0. The average molecular weight is 195 g/mol. The van der Waals surface area contributed by atoms with Crippen molar-refractivity contribution in [2.45, 2.75) is 6.92 Å². The maximum absolute atomic E-state index is 3.50. The van der Waals surface area contributed by atoms with E-state index in [0.717, 1.165) is 0 Å². The summed E-state index contributed by atoms with van der Waals surface area (Å²) in [6, 6.07) is 4.34. The Morgan fingerprint density at radius 2 is 1.90 bits per heavy atom. The highest BCUT2D eigenvalue weighted by atomic mass is 79.9. The van der Waals surface area contributed by atoms with Crippen LogP contribution in [-0.2, 0) is 0 Å². The Hall–Kier alpha value is -0.170. The molecule has 0 amide bonds. The van der Waals surface area contributed by atoms with Gasteiger partial charge in [0.05, 0.1) is 0 Å².